The van der Waals surface area contributed by atoms with Gasteiger partial charge in [0.05, 0.1) is 17.7 Å². The van der Waals surface area contributed by atoms with Gasteiger partial charge in [-0.2, -0.15) is 0 Å². The van der Waals surface area contributed by atoms with Crippen LogP contribution in [0.4, 0.5) is 11.4 Å². The number of amides is 1. The number of carbonyl (C=O) groups excluding carboxylic acids is 1. The van der Waals surface area contributed by atoms with Crippen molar-refractivity contribution in [3.8, 4) is 0 Å². The normalized spacial score (nSPS) is 23.6. The van der Waals surface area contributed by atoms with Crippen molar-refractivity contribution in [2.45, 2.75) is 37.8 Å². The zero-order chi connectivity index (χ0) is 13.1. The van der Waals surface area contributed by atoms with E-state index in [1.807, 2.05) is 0 Å². The Balaban J connectivity index is 2.07. The van der Waals surface area contributed by atoms with Crippen molar-refractivity contribution in [2.24, 2.45) is 0 Å². The van der Waals surface area contributed by atoms with Crippen molar-refractivity contribution < 1.29 is 9.90 Å². The molecule has 0 heterocycles. The van der Waals surface area contributed by atoms with Gasteiger partial charge in [0, 0.05) is 11.4 Å². The summed E-state index contributed by atoms with van der Waals surface area (Å²) in [5, 5.41) is 12.6. The quantitative estimate of drug-likeness (QED) is 0.584. The molecular formula is C13H19N3O2. The van der Waals surface area contributed by atoms with Crippen LogP contribution in [0.15, 0.2) is 18.2 Å². The van der Waals surface area contributed by atoms with E-state index in [0.717, 1.165) is 25.7 Å². The minimum atomic E-state index is -0.460. The standard InChI is InChI=1S/C13H19N3O2/c14-8-5-6-9(10(15)7-8)13(18)16-11-3-1-2-4-12(11)17/h5-7,11-12,17H,1-4,14-15H2,(H,16,18)/t11-,12-/m0/s1. The van der Waals surface area contributed by atoms with Crippen LogP contribution in [0.2, 0.25) is 0 Å². The maximum absolute atomic E-state index is 12.0. The van der Waals surface area contributed by atoms with Crippen molar-refractivity contribution in [3.05, 3.63) is 23.8 Å². The van der Waals surface area contributed by atoms with E-state index in [-0.39, 0.29) is 11.9 Å². The van der Waals surface area contributed by atoms with Crippen molar-refractivity contribution in [1.82, 2.24) is 5.32 Å². The summed E-state index contributed by atoms with van der Waals surface area (Å²) in [5.74, 6) is -0.251. The summed E-state index contributed by atoms with van der Waals surface area (Å²) in [4.78, 5) is 12.0. The summed E-state index contributed by atoms with van der Waals surface area (Å²) in [6, 6.07) is 4.63. The Hall–Kier alpha value is -1.75. The van der Waals surface area contributed by atoms with E-state index in [1.165, 1.54) is 0 Å². The molecule has 0 saturated heterocycles. The van der Waals surface area contributed by atoms with Crippen LogP contribution >= 0.6 is 0 Å². The molecule has 0 radical (unpaired) electrons. The third-order valence-electron chi connectivity index (χ3n) is 3.37. The van der Waals surface area contributed by atoms with Gasteiger partial charge in [0.1, 0.15) is 0 Å². The molecule has 1 amide bonds. The predicted octanol–water partition coefficient (Wildman–Crippen LogP) is 0.884. The number of carbonyl (C=O) groups is 1. The van der Waals surface area contributed by atoms with Crippen LogP contribution in [0.5, 0.6) is 0 Å². The van der Waals surface area contributed by atoms with Gasteiger partial charge in [0.2, 0.25) is 0 Å². The second-order valence-electron chi connectivity index (χ2n) is 4.78. The Morgan fingerprint density at radius 1 is 1.28 bits per heavy atom. The highest BCUT2D eigenvalue weighted by Gasteiger charge is 2.25. The number of rotatable bonds is 2. The Labute approximate surface area is 106 Å². The van der Waals surface area contributed by atoms with E-state index in [0.29, 0.717) is 16.9 Å². The van der Waals surface area contributed by atoms with Gasteiger partial charge in [-0.15, -0.1) is 0 Å². The summed E-state index contributed by atoms with van der Waals surface area (Å²) in [6.07, 6.45) is 3.12. The zero-order valence-electron chi connectivity index (χ0n) is 10.2. The maximum Gasteiger partial charge on any atom is 0.253 e. The lowest BCUT2D eigenvalue weighted by atomic mass is 9.92. The first-order chi connectivity index (χ1) is 8.58. The minimum absolute atomic E-state index is 0.178. The number of benzene rings is 1. The molecular weight excluding hydrogens is 230 g/mol. The highest BCUT2D eigenvalue weighted by Crippen LogP contribution is 2.20. The molecule has 1 aromatic carbocycles. The molecule has 0 bridgehead atoms. The Bertz CT molecular complexity index is 448. The van der Waals surface area contributed by atoms with Crippen LogP contribution in [-0.4, -0.2) is 23.2 Å². The van der Waals surface area contributed by atoms with Crippen LogP contribution in [0.1, 0.15) is 36.0 Å². The highest BCUT2D eigenvalue weighted by molar-refractivity contribution is 5.99. The molecule has 5 heteroatoms. The van der Waals surface area contributed by atoms with E-state index in [2.05, 4.69) is 5.32 Å². The molecule has 0 aromatic heterocycles. The number of aliphatic hydroxyl groups excluding tert-OH is 1. The summed E-state index contributed by atoms with van der Waals surface area (Å²) in [6.45, 7) is 0. The van der Waals surface area contributed by atoms with Crippen molar-refractivity contribution >= 4 is 17.3 Å². The molecule has 0 spiro atoms. The first-order valence-corrected chi connectivity index (χ1v) is 6.22. The highest BCUT2D eigenvalue weighted by atomic mass is 16.3. The second-order valence-corrected chi connectivity index (χ2v) is 4.78. The van der Waals surface area contributed by atoms with Gasteiger partial charge in [0.25, 0.3) is 5.91 Å². The third-order valence-corrected chi connectivity index (χ3v) is 3.37. The summed E-state index contributed by atoms with van der Waals surface area (Å²) < 4.78 is 0. The van der Waals surface area contributed by atoms with Gasteiger partial charge in [-0.25, -0.2) is 0 Å². The molecule has 2 atom stereocenters. The average molecular weight is 249 g/mol. The van der Waals surface area contributed by atoms with Gasteiger partial charge >= 0.3 is 0 Å². The smallest absolute Gasteiger partial charge is 0.253 e. The first kappa shape index (κ1) is 12.7. The average Bonchev–Trinajstić information content (AvgIpc) is 2.32. The monoisotopic (exact) mass is 249 g/mol. The predicted molar refractivity (Wildman–Crippen MR) is 71.0 cm³/mol. The van der Waals surface area contributed by atoms with Crippen molar-refractivity contribution in [3.63, 3.8) is 0 Å². The molecule has 0 unspecified atom stereocenters. The number of aliphatic hydroxyl groups is 1. The fourth-order valence-corrected chi connectivity index (χ4v) is 2.31. The fourth-order valence-electron chi connectivity index (χ4n) is 2.31. The van der Waals surface area contributed by atoms with Crippen LogP contribution in [0, 0.1) is 0 Å². The number of nitrogens with two attached hydrogens (primary N) is 2. The number of nitrogens with one attached hydrogen (secondary N) is 1. The van der Waals surface area contributed by atoms with Gasteiger partial charge in [-0.05, 0) is 31.0 Å². The van der Waals surface area contributed by atoms with Crippen molar-refractivity contribution in [1.29, 1.82) is 0 Å². The topological polar surface area (TPSA) is 101 Å². The van der Waals surface area contributed by atoms with Crippen LogP contribution in [0.25, 0.3) is 0 Å². The van der Waals surface area contributed by atoms with E-state index in [4.69, 9.17) is 11.5 Å². The molecule has 5 nitrogen and oxygen atoms in total. The van der Waals surface area contributed by atoms with Gasteiger partial charge < -0.3 is 21.9 Å². The SMILES string of the molecule is Nc1ccc(C(=O)N[C@H]2CCCC[C@@H]2O)c(N)c1. The number of nitrogen functional groups attached to an aromatic ring is 2. The lowest BCUT2D eigenvalue weighted by molar-refractivity contribution is 0.0718. The van der Waals surface area contributed by atoms with Crippen molar-refractivity contribution in [2.75, 3.05) is 11.5 Å². The molecule has 2 rings (SSSR count). The Morgan fingerprint density at radius 3 is 2.67 bits per heavy atom. The van der Waals surface area contributed by atoms with Crippen LogP contribution in [-0.2, 0) is 0 Å². The van der Waals surface area contributed by atoms with E-state index < -0.39 is 6.10 Å². The fraction of sp³-hybridized carbons (Fsp3) is 0.462. The molecule has 1 fully saturated rings. The molecule has 98 valence electrons. The van der Waals surface area contributed by atoms with E-state index >= 15 is 0 Å². The number of hydrogen-bond donors (Lipinski definition) is 4. The summed E-state index contributed by atoms with van der Waals surface area (Å²) >= 11 is 0. The summed E-state index contributed by atoms with van der Waals surface area (Å²) in [5.41, 5.74) is 12.6. The summed E-state index contributed by atoms with van der Waals surface area (Å²) in [7, 11) is 0. The minimum Gasteiger partial charge on any atom is -0.399 e. The maximum atomic E-state index is 12.0. The largest absolute Gasteiger partial charge is 0.399 e. The lowest BCUT2D eigenvalue weighted by Crippen LogP contribution is -2.45. The number of anilines is 2. The van der Waals surface area contributed by atoms with E-state index in [1.54, 1.807) is 18.2 Å². The lowest BCUT2D eigenvalue weighted by Gasteiger charge is -2.28. The molecule has 1 saturated carbocycles. The first-order valence-electron chi connectivity index (χ1n) is 6.22. The third kappa shape index (κ3) is 2.73. The van der Waals surface area contributed by atoms with Crippen LogP contribution in [0.3, 0.4) is 0 Å². The Kier molecular flexibility index (Phi) is 3.72. The van der Waals surface area contributed by atoms with Gasteiger partial charge in [-0.1, -0.05) is 12.8 Å². The van der Waals surface area contributed by atoms with Gasteiger partial charge in [-0.3, -0.25) is 4.79 Å². The van der Waals surface area contributed by atoms with Crippen LogP contribution < -0.4 is 16.8 Å². The molecule has 18 heavy (non-hydrogen) atoms. The number of hydrogen-bond acceptors (Lipinski definition) is 4. The Morgan fingerprint density at radius 2 is 2.00 bits per heavy atom. The molecule has 6 N–H and O–H groups in total. The molecule has 1 aliphatic rings. The van der Waals surface area contributed by atoms with Gasteiger partial charge in [0.15, 0.2) is 0 Å². The zero-order valence-corrected chi connectivity index (χ0v) is 10.2. The molecule has 0 aliphatic heterocycles. The molecule has 1 aromatic rings. The molecule has 1 aliphatic carbocycles. The second kappa shape index (κ2) is 5.27. The van der Waals surface area contributed by atoms with E-state index in [9.17, 15) is 9.90 Å².